The number of nitro groups is 1. The zero-order chi connectivity index (χ0) is 19.7. The second-order valence-corrected chi connectivity index (χ2v) is 7.48. The number of carbonyl (C=O) groups excluding carboxylic acids is 1. The Bertz CT molecular complexity index is 1030. The molecule has 2 heterocycles. The molecule has 0 saturated heterocycles. The Hall–Kier alpha value is -2.91. The molecule has 2 aliphatic rings. The summed E-state index contributed by atoms with van der Waals surface area (Å²) in [5, 5.41) is 20.7. The molecule has 10 heteroatoms. The van der Waals surface area contributed by atoms with Gasteiger partial charge in [0, 0.05) is 29.3 Å². The first-order valence-electron chi connectivity index (χ1n) is 8.39. The van der Waals surface area contributed by atoms with Crippen LogP contribution in [0.15, 0.2) is 52.6 Å². The molecule has 0 fully saturated rings. The van der Waals surface area contributed by atoms with Crippen molar-refractivity contribution in [1.29, 1.82) is 0 Å². The van der Waals surface area contributed by atoms with E-state index < -0.39 is 4.92 Å². The SMILES string of the molecule is O=C(CSC1=Nc2ccccc2C2CC=NN12)Nc1ccc(Cl)cc1[N+](=O)[O-]. The zero-order valence-electron chi connectivity index (χ0n) is 14.4. The second kappa shape index (κ2) is 7.61. The molecule has 0 spiro atoms. The number of fused-ring (bicyclic) bond motifs is 3. The van der Waals surface area contributed by atoms with Crippen LogP contribution >= 0.6 is 23.4 Å². The van der Waals surface area contributed by atoms with Crippen molar-refractivity contribution >= 4 is 57.7 Å². The maximum atomic E-state index is 12.4. The molecule has 1 amide bonds. The van der Waals surface area contributed by atoms with E-state index in [1.54, 1.807) is 0 Å². The number of para-hydroxylation sites is 1. The Morgan fingerprint density at radius 1 is 1.36 bits per heavy atom. The summed E-state index contributed by atoms with van der Waals surface area (Å²) in [6.07, 6.45) is 2.61. The van der Waals surface area contributed by atoms with Crippen LogP contribution in [0.25, 0.3) is 0 Å². The molecular formula is C18H14ClN5O3S. The van der Waals surface area contributed by atoms with E-state index in [1.165, 1.54) is 30.0 Å². The van der Waals surface area contributed by atoms with Crippen LogP contribution in [0.4, 0.5) is 17.1 Å². The number of carbonyl (C=O) groups is 1. The second-order valence-electron chi connectivity index (χ2n) is 6.10. The van der Waals surface area contributed by atoms with Crippen LogP contribution in [-0.4, -0.2) is 33.0 Å². The zero-order valence-corrected chi connectivity index (χ0v) is 16.0. The molecular weight excluding hydrogens is 402 g/mol. The average Bonchev–Trinajstić information content (AvgIpc) is 3.17. The molecule has 1 atom stereocenters. The molecule has 1 unspecified atom stereocenters. The number of benzene rings is 2. The summed E-state index contributed by atoms with van der Waals surface area (Å²) in [6.45, 7) is 0. The smallest absolute Gasteiger partial charge is 0.294 e. The van der Waals surface area contributed by atoms with Crippen LogP contribution in [-0.2, 0) is 4.79 Å². The first-order valence-corrected chi connectivity index (χ1v) is 9.75. The molecule has 0 aromatic heterocycles. The van der Waals surface area contributed by atoms with Gasteiger partial charge in [0.25, 0.3) is 5.69 Å². The van der Waals surface area contributed by atoms with Gasteiger partial charge in [0.05, 0.1) is 22.4 Å². The maximum Gasteiger partial charge on any atom is 0.294 e. The van der Waals surface area contributed by atoms with Gasteiger partial charge < -0.3 is 5.32 Å². The Morgan fingerprint density at radius 3 is 3.00 bits per heavy atom. The molecule has 2 aliphatic heterocycles. The lowest BCUT2D eigenvalue weighted by Gasteiger charge is -2.29. The summed E-state index contributed by atoms with van der Waals surface area (Å²) in [5.41, 5.74) is 1.82. The minimum atomic E-state index is -0.583. The predicted octanol–water partition coefficient (Wildman–Crippen LogP) is 4.35. The van der Waals surface area contributed by atoms with Gasteiger partial charge in [0.15, 0.2) is 5.17 Å². The van der Waals surface area contributed by atoms with Crippen LogP contribution in [0, 0.1) is 10.1 Å². The summed E-state index contributed by atoms with van der Waals surface area (Å²) in [6, 6.07) is 12.0. The summed E-state index contributed by atoms with van der Waals surface area (Å²) >= 11 is 7.03. The van der Waals surface area contributed by atoms with E-state index in [9.17, 15) is 14.9 Å². The van der Waals surface area contributed by atoms with Crippen molar-refractivity contribution < 1.29 is 9.72 Å². The van der Waals surface area contributed by atoms with Crippen molar-refractivity contribution in [2.45, 2.75) is 12.5 Å². The lowest BCUT2D eigenvalue weighted by Crippen LogP contribution is -2.29. The Balaban J connectivity index is 1.48. The minimum Gasteiger partial charge on any atom is -0.320 e. The Labute approximate surface area is 169 Å². The Morgan fingerprint density at radius 2 is 2.18 bits per heavy atom. The number of nitrogens with zero attached hydrogens (tertiary/aromatic N) is 4. The first-order chi connectivity index (χ1) is 13.5. The van der Waals surface area contributed by atoms with Gasteiger partial charge in [-0.05, 0) is 18.2 Å². The number of anilines is 1. The number of hydrogen-bond donors (Lipinski definition) is 1. The van der Waals surface area contributed by atoms with Gasteiger partial charge in [-0.25, -0.2) is 10.0 Å². The van der Waals surface area contributed by atoms with Gasteiger partial charge in [0.2, 0.25) is 5.91 Å². The lowest BCUT2D eigenvalue weighted by molar-refractivity contribution is -0.383. The topological polar surface area (TPSA) is 100 Å². The molecule has 0 bridgehead atoms. The van der Waals surface area contributed by atoms with Gasteiger partial charge in [-0.15, -0.1) is 0 Å². The molecule has 2 aromatic carbocycles. The number of rotatable bonds is 4. The molecule has 28 heavy (non-hydrogen) atoms. The average molecular weight is 416 g/mol. The first kappa shape index (κ1) is 18.5. The standard InChI is InChI=1S/C18H14ClN5O3S/c19-11-5-6-14(16(9-11)24(26)27)21-17(25)10-28-18-22-13-4-2-1-3-12(13)15-7-8-20-23(15)18/h1-6,8-9,15H,7,10H2,(H,21,25). The number of nitrogens with one attached hydrogen (secondary N) is 1. The number of halogens is 1. The Kier molecular flexibility index (Phi) is 5.01. The van der Waals surface area contributed by atoms with Crippen LogP contribution in [0.1, 0.15) is 18.0 Å². The van der Waals surface area contributed by atoms with E-state index in [1.807, 2.05) is 35.5 Å². The van der Waals surface area contributed by atoms with Crippen molar-refractivity contribution in [3.63, 3.8) is 0 Å². The highest BCUT2D eigenvalue weighted by atomic mass is 35.5. The predicted molar refractivity (Wildman–Crippen MR) is 110 cm³/mol. The van der Waals surface area contributed by atoms with Gasteiger partial charge in [-0.1, -0.05) is 41.6 Å². The maximum absolute atomic E-state index is 12.4. The fourth-order valence-corrected chi connectivity index (χ4v) is 4.03. The normalized spacial score (nSPS) is 17.0. The third-order valence-electron chi connectivity index (χ3n) is 4.30. The molecule has 142 valence electrons. The van der Waals surface area contributed by atoms with Crippen molar-refractivity contribution in [2.75, 3.05) is 11.1 Å². The third kappa shape index (κ3) is 3.58. The minimum absolute atomic E-state index is 0.0412. The molecule has 0 aliphatic carbocycles. The number of amidine groups is 1. The number of aliphatic imine (C=N–C) groups is 1. The fraction of sp³-hybridized carbons (Fsp3) is 0.167. The van der Waals surface area contributed by atoms with Crippen LogP contribution in [0.3, 0.4) is 0 Å². The van der Waals surface area contributed by atoms with Crippen LogP contribution in [0.5, 0.6) is 0 Å². The van der Waals surface area contributed by atoms with E-state index >= 15 is 0 Å². The van der Waals surface area contributed by atoms with E-state index in [2.05, 4.69) is 15.4 Å². The number of hydrogen-bond acceptors (Lipinski definition) is 7. The monoisotopic (exact) mass is 415 g/mol. The van der Waals surface area contributed by atoms with Crippen molar-refractivity contribution in [3.8, 4) is 0 Å². The van der Waals surface area contributed by atoms with Gasteiger partial charge in [-0.2, -0.15) is 5.10 Å². The number of thioether (sulfide) groups is 1. The van der Waals surface area contributed by atoms with Crippen molar-refractivity contribution in [3.05, 3.63) is 63.2 Å². The molecule has 1 N–H and O–H groups in total. The summed E-state index contributed by atoms with van der Waals surface area (Å²) in [4.78, 5) is 27.5. The van der Waals surface area contributed by atoms with Gasteiger partial charge >= 0.3 is 0 Å². The van der Waals surface area contributed by atoms with Crippen LogP contribution < -0.4 is 5.32 Å². The summed E-state index contributed by atoms with van der Waals surface area (Å²) in [7, 11) is 0. The molecule has 0 radical (unpaired) electrons. The van der Waals surface area contributed by atoms with E-state index in [0.717, 1.165) is 17.7 Å². The van der Waals surface area contributed by atoms with Crippen molar-refractivity contribution in [2.24, 2.45) is 10.1 Å². The third-order valence-corrected chi connectivity index (χ3v) is 5.48. The summed E-state index contributed by atoms with van der Waals surface area (Å²) in [5.74, 6) is -0.337. The van der Waals surface area contributed by atoms with Crippen molar-refractivity contribution in [1.82, 2.24) is 5.01 Å². The number of amides is 1. The molecule has 0 saturated carbocycles. The fourth-order valence-electron chi connectivity index (χ4n) is 3.06. The van der Waals surface area contributed by atoms with E-state index in [-0.39, 0.29) is 34.1 Å². The van der Waals surface area contributed by atoms with E-state index in [0.29, 0.717) is 5.17 Å². The van der Waals surface area contributed by atoms with E-state index in [4.69, 9.17) is 11.6 Å². The highest BCUT2D eigenvalue weighted by molar-refractivity contribution is 8.14. The molecule has 4 rings (SSSR count). The highest BCUT2D eigenvalue weighted by Gasteiger charge is 2.32. The highest BCUT2D eigenvalue weighted by Crippen LogP contribution is 2.40. The quantitative estimate of drug-likeness (QED) is 0.590. The molecule has 2 aromatic rings. The van der Waals surface area contributed by atoms with Gasteiger partial charge in [-0.3, -0.25) is 14.9 Å². The largest absolute Gasteiger partial charge is 0.320 e. The number of nitro benzene ring substituents is 1. The number of hydrazone groups is 1. The van der Waals surface area contributed by atoms with Gasteiger partial charge in [0.1, 0.15) is 5.69 Å². The van der Waals surface area contributed by atoms with Crippen LogP contribution in [0.2, 0.25) is 5.02 Å². The lowest BCUT2D eigenvalue weighted by atomic mass is 10.0. The molecule has 8 nitrogen and oxygen atoms in total. The summed E-state index contributed by atoms with van der Waals surface area (Å²) < 4.78 is 0.